The van der Waals surface area contributed by atoms with E-state index in [1.54, 1.807) is 17.8 Å². The molecular weight excluding hydrogens is 326 g/mol. The van der Waals surface area contributed by atoms with Crippen molar-refractivity contribution >= 4 is 28.1 Å². The number of carbonyl (C=O) groups is 1. The maximum absolute atomic E-state index is 12.3. The molecule has 2 aromatic rings. The fourth-order valence-corrected chi connectivity index (χ4v) is 3.22. The molecule has 0 radical (unpaired) electrons. The second-order valence-corrected chi connectivity index (χ2v) is 6.15. The van der Waals surface area contributed by atoms with Crippen LogP contribution in [-0.2, 0) is 11.2 Å². The molecule has 3 rings (SSSR count). The van der Waals surface area contributed by atoms with Crippen molar-refractivity contribution in [3.8, 4) is 6.07 Å². The molecule has 24 heavy (non-hydrogen) atoms. The fraction of sp³-hybridized carbons (Fsp3) is 0.375. The number of aromatic nitrogens is 2. The topological polar surface area (TPSA) is 91.1 Å². The number of nitrogens with zero attached hydrogens (tertiary/aromatic N) is 4. The van der Waals surface area contributed by atoms with Crippen LogP contribution in [0, 0.1) is 11.3 Å². The summed E-state index contributed by atoms with van der Waals surface area (Å²) in [5, 5.41) is 14.0. The third kappa shape index (κ3) is 4.07. The number of pyridine rings is 1. The van der Waals surface area contributed by atoms with Crippen molar-refractivity contribution < 1.29 is 9.53 Å². The molecule has 0 unspecified atom stereocenters. The molecule has 0 atom stereocenters. The zero-order valence-electron chi connectivity index (χ0n) is 13.1. The van der Waals surface area contributed by atoms with Crippen molar-refractivity contribution in [2.75, 3.05) is 36.5 Å². The van der Waals surface area contributed by atoms with Crippen LogP contribution in [0.1, 0.15) is 22.5 Å². The van der Waals surface area contributed by atoms with Crippen molar-refractivity contribution in [3.05, 3.63) is 35.1 Å². The third-order valence-electron chi connectivity index (χ3n) is 3.58. The second-order valence-electron chi connectivity index (χ2n) is 5.31. The lowest BCUT2D eigenvalue weighted by molar-refractivity contribution is 0.102. The van der Waals surface area contributed by atoms with Gasteiger partial charge in [0.2, 0.25) is 0 Å². The van der Waals surface area contributed by atoms with E-state index in [2.05, 4.69) is 26.3 Å². The summed E-state index contributed by atoms with van der Waals surface area (Å²) in [6, 6.07) is 3.93. The van der Waals surface area contributed by atoms with E-state index in [1.165, 1.54) is 11.3 Å². The van der Waals surface area contributed by atoms with E-state index in [4.69, 9.17) is 10.00 Å². The zero-order valence-corrected chi connectivity index (χ0v) is 13.9. The average molecular weight is 343 g/mol. The first-order chi connectivity index (χ1) is 11.8. The smallest absolute Gasteiger partial charge is 0.275 e. The van der Waals surface area contributed by atoms with Crippen LogP contribution in [0.25, 0.3) is 0 Å². The summed E-state index contributed by atoms with van der Waals surface area (Å²) >= 11 is 1.46. The number of hydrogen-bond donors (Lipinski definition) is 1. The molecular formula is C16H17N5O2S. The summed E-state index contributed by atoms with van der Waals surface area (Å²) < 4.78 is 5.32. The van der Waals surface area contributed by atoms with E-state index in [1.807, 2.05) is 6.07 Å². The van der Waals surface area contributed by atoms with Crippen LogP contribution in [0.15, 0.2) is 23.8 Å². The molecule has 3 heterocycles. The first-order valence-electron chi connectivity index (χ1n) is 7.67. The lowest BCUT2D eigenvalue weighted by Gasteiger charge is -2.25. The van der Waals surface area contributed by atoms with Crippen molar-refractivity contribution in [2.24, 2.45) is 0 Å². The van der Waals surface area contributed by atoms with Crippen LogP contribution in [0.3, 0.4) is 0 Å². The minimum atomic E-state index is -0.259. The van der Waals surface area contributed by atoms with Crippen molar-refractivity contribution in [1.29, 1.82) is 5.26 Å². The maximum atomic E-state index is 12.3. The predicted molar refractivity (Wildman–Crippen MR) is 91.3 cm³/mol. The molecule has 1 aliphatic rings. The Bertz CT molecular complexity index is 749. The number of anilines is 2. The molecule has 1 fully saturated rings. The van der Waals surface area contributed by atoms with Gasteiger partial charge in [-0.1, -0.05) is 0 Å². The quantitative estimate of drug-likeness (QED) is 0.894. The molecule has 1 N–H and O–H groups in total. The van der Waals surface area contributed by atoms with Gasteiger partial charge in [-0.3, -0.25) is 9.78 Å². The Morgan fingerprint density at radius 3 is 3.04 bits per heavy atom. The number of morpholine rings is 1. The number of amides is 1. The Kier molecular flexibility index (Phi) is 5.36. The van der Waals surface area contributed by atoms with Gasteiger partial charge in [0.15, 0.2) is 5.13 Å². The van der Waals surface area contributed by atoms with E-state index < -0.39 is 0 Å². The Morgan fingerprint density at radius 1 is 1.42 bits per heavy atom. The number of hydrogen-bond acceptors (Lipinski definition) is 7. The number of carbonyl (C=O) groups excluding carboxylic acids is 1. The summed E-state index contributed by atoms with van der Waals surface area (Å²) in [6.45, 7) is 2.95. The summed E-state index contributed by atoms with van der Waals surface area (Å²) in [7, 11) is 0. The van der Waals surface area contributed by atoms with Crippen LogP contribution in [0.4, 0.5) is 10.8 Å². The number of ether oxygens (including phenoxy) is 1. The summed E-state index contributed by atoms with van der Waals surface area (Å²) in [5.41, 5.74) is 1.92. The molecule has 0 saturated carbocycles. The Balaban J connectivity index is 1.64. The first-order valence-corrected chi connectivity index (χ1v) is 8.54. The first kappa shape index (κ1) is 16.4. The van der Waals surface area contributed by atoms with Crippen LogP contribution < -0.4 is 10.2 Å². The van der Waals surface area contributed by atoms with Gasteiger partial charge < -0.3 is 15.0 Å². The van der Waals surface area contributed by atoms with Gasteiger partial charge in [-0.05, 0) is 18.1 Å². The van der Waals surface area contributed by atoms with Gasteiger partial charge in [0, 0.05) is 31.1 Å². The number of rotatable bonds is 5. The molecule has 0 bridgehead atoms. The van der Waals surface area contributed by atoms with Gasteiger partial charge in [-0.2, -0.15) is 5.26 Å². The highest BCUT2D eigenvalue weighted by molar-refractivity contribution is 7.14. The molecule has 1 aliphatic heterocycles. The minimum absolute atomic E-state index is 0.259. The van der Waals surface area contributed by atoms with Crippen LogP contribution in [-0.4, -0.2) is 42.2 Å². The highest BCUT2D eigenvalue weighted by Crippen LogP contribution is 2.22. The fourth-order valence-electron chi connectivity index (χ4n) is 2.36. The van der Waals surface area contributed by atoms with Gasteiger partial charge in [0.05, 0.1) is 31.2 Å². The Labute approximate surface area is 143 Å². The van der Waals surface area contributed by atoms with E-state index >= 15 is 0 Å². The lowest BCUT2D eigenvalue weighted by atomic mass is 10.1. The highest BCUT2D eigenvalue weighted by Gasteiger charge is 2.17. The van der Waals surface area contributed by atoms with Gasteiger partial charge in [-0.25, -0.2) is 4.98 Å². The summed E-state index contributed by atoms with van der Waals surface area (Å²) in [6.07, 6.45) is 4.33. The SMILES string of the molecule is N#CCCc1cncc(NC(=O)c2csc(N3CCOCC3)n2)c1. The van der Waals surface area contributed by atoms with E-state index in [0.717, 1.165) is 23.8 Å². The average Bonchev–Trinajstić information content (AvgIpc) is 3.11. The van der Waals surface area contributed by atoms with E-state index in [9.17, 15) is 4.79 Å². The standard InChI is InChI=1S/C16H17N5O2S/c17-3-1-2-12-8-13(10-18-9-12)19-15(22)14-11-24-16(20-14)21-4-6-23-7-5-21/h8-11H,1-2,4-7H2,(H,19,22). The molecule has 124 valence electrons. The maximum Gasteiger partial charge on any atom is 0.275 e. The molecule has 1 saturated heterocycles. The molecule has 0 spiro atoms. The monoisotopic (exact) mass is 343 g/mol. The van der Waals surface area contributed by atoms with Crippen molar-refractivity contribution in [3.63, 3.8) is 0 Å². The molecule has 0 aromatic carbocycles. The van der Waals surface area contributed by atoms with Crippen LogP contribution in [0.2, 0.25) is 0 Å². The number of nitrogens with one attached hydrogen (secondary N) is 1. The van der Waals surface area contributed by atoms with Crippen molar-refractivity contribution in [1.82, 2.24) is 9.97 Å². The van der Waals surface area contributed by atoms with Crippen molar-refractivity contribution in [2.45, 2.75) is 12.8 Å². The van der Waals surface area contributed by atoms with Gasteiger partial charge in [0.1, 0.15) is 5.69 Å². The molecule has 2 aromatic heterocycles. The van der Waals surface area contributed by atoms with E-state index in [-0.39, 0.29) is 5.91 Å². The van der Waals surface area contributed by atoms with Gasteiger partial charge in [-0.15, -0.1) is 11.3 Å². The van der Waals surface area contributed by atoms with Crippen LogP contribution >= 0.6 is 11.3 Å². The minimum Gasteiger partial charge on any atom is -0.378 e. The van der Waals surface area contributed by atoms with Gasteiger partial charge >= 0.3 is 0 Å². The Hall–Kier alpha value is -2.50. The molecule has 7 nitrogen and oxygen atoms in total. The molecule has 0 aliphatic carbocycles. The number of aryl methyl sites for hydroxylation is 1. The second kappa shape index (κ2) is 7.86. The highest BCUT2D eigenvalue weighted by atomic mass is 32.1. The summed E-state index contributed by atoms with van der Waals surface area (Å²) in [4.78, 5) is 23.0. The number of thiazole rings is 1. The van der Waals surface area contributed by atoms with Gasteiger partial charge in [0.25, 0.3) is 5.91 Å². The van der Waals surface area contributed by atoms with E-state index in [0.29, 0.717) is 37.4 Å². The Morgan fingerprint density at radius 2 is 2.25 bits per heavy atom. The predicted octanol–water partition coefficient (Wildman–Crippen LogP) is 2.08. The van der Waals surface area contributed by atoms with Crippen LogP contribution in [0.5, 0.6) is 0 Å². The lowest BCUT2D eigenvalue weighted by Crippen LogP contribution is -2.36. The zero-order chi connectivity index (χ0) is 16.8. The molecule has 8 heteroatoms. The number of nitriles is 1. The third-order valence-corrected chi connectivity index (χ3v) is 4.49. The largest absolute Gasteiger partial charge is 0.378 e. The molecule has 1 amide bonds. The normalized spacial score (nSPS) is 14.2. The summed E-state index contributed by atoms with van der Waals surface area (Å²) in [5.74, 6) is -0.259.